The van der Waals surface area contributed by atoms with E-state index in [1.165, 1.54) is 17.1 Å². The molecule has 0 saturated heterocycles. The fraction of sp³-hybridized carbons (Fsp3) is 0.273. The van der Waals surface area contributed by atoms with Gasteiger partial charge in [0.25, 0.3) is 0 Å². The summed E-state index contributed by atoms with van der Waals surface area (Å²) in [6, 6.07) is 1.65. The predicted octanol–water partition coefficient (Wildman–Crippen LogP) is -1.72. The molecule has 110 valence electrons. The van der Waals surface area contributed by atoms with Crippen LogP contribution in [0.25, 0.3) is 0 Å². The van der Waals surface area contributed by atoms with Crippen LogP contribution in [-0.2, 0) is 22.7 Å². The van der Waals surface area contributed by atoms with Crippen LogP contribution in [0.5, 0.6) is 0 Å². The smallest absolute Gasteiger partial charge is 0.248 e. The molecule has 0 atom stereocenters. The van der Waals surface area contributed by atoms with Gasteiger partial charge in [-0.25, -0.2) is 14.6 Å². The number of anilines is 1. The van der Waals surface area contributed by atoms with Crippen LogP contribution in [0.1, 0.15) is 5.69 Å². The van der Waals surface area contributed by atoms with Crippen LogP contribution in [0.3, 0.4) is 0 Å². The van der Waals surface area contributed by atoms with Crippen LogP contribution in [0.15, 0.2) is 24.7 Å². The lowest BCUT2D eigenvalue weighted by molar-refractivity contribution is -0.120. The Morgan fingerprint density at radius 1 is 1.24 bits per heavy atom. The van der Waals surface area contributed by atoms with Gasteiger partial charge in [0, 0.05) is 12.4 Å². The van der Waals surface area contributed by atoms with E-state index in [1.54, 1.807) is 12.3 Å². The molecule has 0 aliphatic carbocycles. The summed E-state index contributed by atoms with van der Waals surface area (Å²) in [6.07, 6.45) is 4.61. The van der Waals surface area contributed by atoms with E-state index in [9.17, 15) is 9.59 Å². The second-order valence-corrected chi connectivity index (χ2v) is 4.01. The molecule has 0 unspecified atom stereocenters. The van der Waals surface area contributed by atoms with E-state index in [0.29, 0.717) is 5.69 Å². The molecule has 0 spiro atoms. The molecule has 10 heteroatoms. The van der Waals surface area contributed by atoms with Gasteiger partial charge in [0.1, 0.15) is 12.2 Å². The first kappa shape index (κ1) is 14.5. The van der Waals surface area contributed by atoms with E-state index >= 15 is 0 Å². The monoisotopic (exact) mass is 290 g/mol. The van der Waals surface area contributed by atoms with E-state index in [2.05, 4.69) is 30.9 Å². The first-order valence-electron chi connectivity index (χ1n) is 6.10. The summed E-state index contributed by atoms with van der Waals surface area (Å²) < 4.78 is 1.35. The summed E-state index contributed by atoms with van der Waals surface area (Å²) >= 11 is 0. The van der Waals surface area contributed by atoms with Gasteiger partial charge in [-0.3, -0.25) is 14.9 Å². The Bertz CT molecular complexity index is 612. The number of carbonyl (C=O) groups is 2. The molecule has 2 aromatic rings. The summed E-state index contributed by atoms with van der Waals surface area (Å²) in [5.74, 6) is -0.398. The quantitative estimate of drug-likeness (QED) is 0.574. The number of aromatic nitrogens is 5. The molecule has 0 fully saturated rings. The number of hydrogen-bond acceptors (Lipinski definition) is 7. The molecule has 2 amide bonds. The van der Waals surface area contributed by atoms with Gasteiger partial charge in [-0.15, -0.1) is 5.10 Å². The number of carbonyl (C=O) groups excluding carboxylic acids is 2. The van der Waals surface area contributed by atoms with Crippen molar-refractivity contribution in [1.82, 2.24) is 30.3 Å². The molecule has 2 rings (SSSR count). The number of rotatable bonds is 6. The molecule has 21 heavy (non-hydrogen) atoms. The van der Waals surface area contributed by atoms with Gasteiger partial charge in [0.05, 0.1) is 19.3 Å². The molecule has 0 radical (unpaired) electrons. The third-order valence-corrected chi connectivity index (χ3v) is 2.36. The van der Waals surface area contributed by atoms with Crippen LogP contribution >= 0.6 is 0 Å². The van der Waals surface area contributed by atoms with Gasteiger partial charge in [-0.1, -0.05) is 5.21 Å². The van der Waals surface area contributed by atoms with Crippen molar-refractivity contribution in [3.63, 3.8) is 0 Å². The Morgan fingerprint density at radius 3 is 2.71 bits per heavy atom. The highest BCUT2D eigenvalue weighted by atomic mass is 16.2. The molecule has 0 saturated carbocycles. The summed E-state index contributed by atoms with van der Waals surface area (Å²) in [5, 5.41) is 12.7. The SMILES string of the molecule is NCC(=O)NCc1cn(CC(=O)Nc2ncccn2)nn1. The number of nitrogens with zero attached hydrogens (tertiary/aromatic N) is 5. The lowest BCUT2D eigenvalue weighted by Crippen LogP contribution is -2.29. The maximum absolute atomic E-state index is 11.7. The van der Waals surface area contributed by atoms with Crippen LogP contribution < -0.4 is 16.4 Å². The maximum atomic E-state index is 11.7. The molecule has 2 aromatic heterocycles. The van der Waals surface area contributed by atoms with E-state index in [4.69, 9.17) is 5.73 Å². The highest BCUT2D eigenvalue weighted by Crippen LogP contribution is 1.96. The molecule has 2 heterocycles. The molecule has 0 aromatic carbocycles. The van der Waals surface area contributed by atoms with Gasteiger partial charge in [-0.05, 0) is 6.07 Å². The van der Waals surface area contributed by atoms with Crippen molar-refractivity contribution in [1.29, 1.82) is 0 Å². The molecule has 0 bridgehead atoms. The molecule has 4 N–H and O–H groups in total. The van der Waals surface area contributed by atoms with Gasteiger partial charge in [0.2, 0.25) is 17.8 Å². The summed E-state index contributed by atoms with van der Waals surface area (Å²) in [4.78, 5) is 30.5. The molecule has 0 aliphatic heterocycles. The molecular weight excluding hydrogens is 276 g/mol. The largest absolute Gasteiger partial charge is 0.349 e. The molecule has 0 aliphatic rings. The minimum absolute atomic E-state index is 0.0317. The number of nitrogens with two attached hydrogens (primary N) is 1. The van der Waals surface area contributed by atoms with Crippen molar-refractivity contribution in [3.8, 4) is 0 Å². The van der Waals surface area contributed by atoms with Gasteiger partial charge in [-0.2, -0.15) is 0 Å². The number of amides is 2. The third-order valence-electron chi connectivity index (χ3n) is 2.36. The van der Waals surface area contributed by atoms with Crippen molar-refractivity contribution >= 4 is 17.8 Å². The van der Waals surface area contributed by atoms with Crippen molar-refractivity contribution in [2.75, 3.05) is 11.9 Å². The second kappa shape index (κ2) is 7.05. The minimum atomic E-state index is -0.330. The van der Waals surface area contributed by atoms with E-state index in [-0.39, 0.29) is 37.4 Å². The van der Waals surface area contributed by atoms with Crippen molar-refractivity contribution in [2.24, 2.45) is 5.73 Å². The first-order chi connectivity index (χ1) is 10.2. The van der Waals surface area contributed by atoms with Gasteiger partial charge in [0.15, 0.2) is 0 Å². The Balaban J connectivity index is 1.84. The third kappa shape index (κ3) is 4.62. The zero-order valence-electron chi connectivity index (χ0n) is 11.1. The van der Waals surface area contributed by atoms with Crippen LogP contribution in [0.4, 0.5) is 5.95 Å². The van der Waals surface area contributed by atoms with Crippen molar-refractivity contribution in [3.05, 3.63) is 30.4 Å². The molecule has 10 nitrogen and oxygen atoms in total. The molecular formula is C11H14N8O2. The van der Waals surface area contributed by atoms with E-state index < -0.39 is 0 Å². The van der Waals surface area contributed by atoms with Gasteiger partial charge >= 0.3 is 0 Å². The summed E-state index contributed by atoms with van der Waals surface area (Å²) in [6.45, 7) is 0.0865. The zero-order chi connectivity index (χ0) is 15.1. The predicted molar refractivity (Wildman–Crippen MR) is 71.6 cm³/mol. The lowest BCUT2D eigenvalue weighted by Gasteiger charge is -2.02. The standard InChI is InChI=1S/C11H14N8O2/c12-4-9(20)15-5-8-6-19(18-17-8)7-10(21)16-11-13-2-1-3-14-11/h1-3,6H,4-5,7,12H2,(H,15,20)(H,13,14,16,21). The van der Waals surface area contributed by atoms with Crippen LogP contribution in [-0.4, -0.2) is 43.3 Å². The Labute approximate surface area is 119 Å². The topological polar surface area (TPSA) is 141 Å². The average Bonchev–Trinajstić information content (AvgIpc) is 2.93. The van der Waals surface area contributed by atoms with E-state index in [0.717, 1.165) is 0 Å². The van der Waals surface area contributed by atoms with Crippen molar-refractivity contribution in [2.45, 2.75) is 13.1 Å². The van der Waals surface area contributed by atoms with Gasteiger partial charge < -0.3 is 11.1 Å². The summed E-state index contributed by atoms with van der Waals surface area (Å²) in [7, 11) is 0. The van der Waals surface area contributed by atoms with Crippen LogP contribution in [0.2, 0.25) is 0 Å². The summed E-state index contributed by atoms with van der Waals surface area (Å²) in [5.41, 5.74) is 5.69. The highest BCUT2D eigenvalue weighted by molar-refractivity contribution is 5.88. The Morgan fingerprint density at radius 2 is 2.00 bits per heavy atom. The Hall–Kier alpha value is -2.88. The lowest BCUT2D eigenvalue weighted by atomic mass is 10.4. The zero-order valence-corrected chi connectivity index (χ0v) is 11.1. The van der Waals surface area contributed by atoms with Crippen molar-refractivity contribution < 1.29 is 9.59 Å². The fourth-order valence-electron chi connectivity index (χ4n) is 1.43. The average molecular weight is 290 g/mol. The highest BCUT2D eigenvalue weighted by Gasteiger charge is 2.08. The number of nitrogens with one attached hydrogen (secondary N) is 2. The fourth-order valence-corrected chi connectivity index (χ4v) is 1.43. The number of hydrogen-bond donors (Lipinski definition) is 3. The normalized spacial score (nSPS) is 10.1. The Kier molecular flexibility index (Phi) is 4.88. The maximum Gasteiger partial charge on any atom is 0.248 e. The minimum Gasteiger partial charge on any atom is -0.349 e. The van der Waals surface area contributed by atoms with E-state index in [1.807, 2.05) is 0 Å². The first-order valence-corrected chi connectivity index (χ1v) is 6.10. The van der Waals surface area contributed by atoms with Crippen LogP contribution in [0, 0.1) is 0 Å². The second-order valence-electron chi connectivity index (χ2n) is 4.01.